The van der Waals surface area contributed by atoms with Crippen LogP contribution in [0.3, 0.4) is 0 Å². The van der Waals surface area contributed by atoms with Gasteiger partial charge in [-0.25, -0.2) is 0 Å². The van der Waals surface area contributed by atoms with E-state index in [-0.39, 0.29) is 0 Å². The molecule has 18 heavy (non-hydrogen) atoms. The van der Waals surface area contributed by atoms with Crippen molar-refractivity contribution in [1.82, 2.24) is 0 Å². The van der Waals surface area contributed by atoms with Gasteiger partial charge < -0.3 is 0 Å². The van der Waals surface area contributed by atoms with Gasteiger partial charge >= 0.3 is 0 Å². The van der Waals surface area contributed by atoms with Crippen molar-refractivity contribution in [1.29, 1.82) is 0 Å². The lowest BCUT2D eigenvalue weighted by Crippen LogP contribution is -1.98. The van der Waals surface area contributed by atoms with Gasteiger partial charge in [-0.1, -0.05) is 79.4 Å². The summed E-state index contributed by atoms with van der Waals surface area (Å²) >= 11 is 7.17. The van der Waals surface area contributed by atoms with Crippen molar-refractivity contribution < 1.29 is 0 Å². The Bertz CT molecular complexity index is 491. The summed E-state index contributed by atoms with van der Waals surface area (Å²) in [5, 5.41) is 0. The smallest absolute Gasteiger partial charge is 0.0533 e. The maximum absolute atomic E-state index is 5.48. The first-order valence-corrected chi connectivity index (χ1v) is 7.29. The minimum Gasteiger partial charge on any atom is -0.0828 e. The SMILES string of the molecule is CC(CC(=S)Sc1ccccc1)c1ccccc1. The molecule has 92 valence electrons. The van der Waals surface area contributed by atoms with E-state index in [9.17, 15) is 0 Å². The topological polar surface area (TPSA) is 0 Å². The minimum absolute atomic E-state index is 0.481. The highest BCUT2D eigenvalue weighted by Crippen LogP contribution is 2.27. The lowest BCUT2D eigenvalue weighted by molar-refractivity contribution is 0.816. The molecule has 0 bridgehead atoms. The zero-order valence-electron chi connectivity index (χ0n) is 10.4. The molecule has 0 saturated carbocycles. The third-order valence-corrected chi connectivity index (χ3v) is 4.14. The molecule has 0 radical (unpaired) electrons. The van der Waals surface area contributed by atoms with Crippen LogP contribution in [0.5, 0.6) is 0 Å². The van der Waals surface area contributed by atoms with E-state index in [0.717, 1.165) is 10.6 Å². The molecule has 1 unspecified atom stereocenters. The third-order valence-electron chi connectivity index (χ3n) is 2.82. The summed E-state index contributed by atoms with van der Waals surface area (Å²) in [6.45, 7) is 2.23. The minimum atomic E-state index is 0.481. The second-order valence-electron chi connectivity index (χ2n) is 4.30. The molecule has 2 aromatic rings. The Balaban J connectivity index is 1.92. The molecule has 0 aliphatic rings. The summed E-state index contributed by atoms with van der Waals surface area (Å²) in [5.41, 5.74) is 1.36. The first-order chi connectivity index (χ1) is 8.75. The summed E-state index contributed by atoms with van der Waals surface area (Å²) in [6.07, 6.45) is 0.943. The zero-order chi connectivity index (χ0) is 12.8. The maximum atomic E-state index is 5.48. The molecule has 1 atom stereocenters. The summed E-state index contributed by atoms with van der Waals surface area (Å²) in [6, 6.07) is 20.9. The Kier molecular flexibility index (Phi) is 4.97. The molecular weight excluding hydrogens is 256 g/mol. The van der Waals surface area contributed by atoms with Crippen molar-refractivity contribution in [2.75, 3.05) is 0 Å². The van der Waals surface area contributed by atoms with Crippen LogP contribution in [0.2, 0.25) is 0 Å². The van der Waals surface area contributed by atoms with E-state index in [1.54, 1.807) is 11.8 Å². The van der Waals surface area contributed by atoms with E-state index in [0.29, 0.717) is 5.92 Å². The predicted molar refractivity (Wildman–Crippen MR) is 84.4 cm³/mol. The number of benzene rings is 2. The van der Waals surface area contributed by atoms with Crippen molar-refractivity contribution in [3.8, 4) is 0 Å². The van der Waals surface area contributed by atoms with Crippen molar-refractivity contribution in [3.05, 3.63) is 66.2 Å². The van der Waals surface area contributed by atoms with E-state index >= 15 is 0 Å². The normalized spacial score (nSPS) is 12.1. The molecule has 2 heteroatoms. The van der Waals surface area contributed by atoms with Crippen LogP contribution in [0.1, 0.15) is 24.8 Å². The van der Waals surface area contributed by atoms with Crippen LogP contribution in [0, 0.1) is 0 Å². The van der Waals surface area contributed by atoms with E-state index in [4.69, 9.17) is 12.2 Å². The van der Waals surface area contributed by atoms with E-state index in [1.807, 2.05) is 24.3 Å². The summed E-state index contributed by atoms with van der Waals surface area (Å²) in [5.74, 6) is 0.481. The Hall–Kier alpha value is -1.12. The van der Waals surface area contributed by atoms with Gasteiger partial charge in [0.1, 0.15) is 0 Å². The van der Waals surface area contributed by atoms with Gasteiger partial charge in [0, 0.05) is 4.90 Å². The standard InChI is InChI=1S/C16H16S2/c1-13(14-8-4-2-5-9-14)12-16(17)18-15-10-6-3-7-11-15/h2-11,13H,12H2,1H3. The molecular formula is C16H16S2. The molecule has 0 nitrogen and oxygen atoms in total. The first-order valence-electron chi connectivity index (χ1n) is 6.06. The largest absolute Gasteiger partial charge is 0.0828 e. The number of thioether (sulfide) groups is 1. The maximum Gasteiger partial charge on any atom is 0.0533 e. The second kappa shape index (κ2) is 6.72. The van der Waals surface area contributed by atoms with Gasteiger partial charge in [-0.2, -0.15) is 0 Å². The van der Waals surface area contributed by atoms with Crippen molar-refractivity contribution >= 4 is 28.2 Å². The second-order valence-corrected chi connectivity index (χ2v) is 6.22. The fraction of sp³-hybridized carbons (Fsp3) is 0.188. The first kappa shape index (κ1) is 13.3. The Morgan fingerprint density at radius 2 is 1.56 bits per heavy atom. The van der Waals surface area contributed by atoms with Gasteiger partial charge in [0.15, 0.2) is 0 Å². The summed E-state index contributed by atoms with van der Waals surface area (Å²) in [7, 11) is 0. The van der Waals surface area contributed by atoms with Gasteiger partial charge in [-0.15, -0.1) is 0 Å². The number of rotatable bonds is 4. The van der Waals surface area contributed by atoms with Gasteiger partial charge in [0.25, 0.3) is 0 Å². The summed E-state index contributed by atoms with van der Waals surface area (Å²) in [4.78, 5) is 1.22. The van der Waals surface area contributed by atoms with Crippen molar-refractivity contribution in [2.24, 2.45) is 0 Å². The van der Waals surface area contributed by atoms with Crippen LogP contribution in [0.15, 0.2) is 65.6 Å². The van der Waals surface area contributed by atoms with Gasteiger partial charge in [-0.3, -0.25) is 0 Å². The van der Waals surface area contributed by atoms with Crippen LogP contribution in [-0.4, -0.2) is 4.20 Å². The van der Waals surface area contributed by atoms with Gasteiger partial charge in [0.2, 0.25) is 0 Å². The molecule has 2 aromatic carbocycles. The summed E-state index contributed by atoms with van der Waals surface area (Å²) < 4.78 is 1.05. The third kappa shape index (κ3) is 3.97. The van der Waals surface area contributed by atoms with Crippen molar-refractivity contribution in [3.63, 3.8) is 0 Å². The molecule has 0 saturated heterocycles. The predicted octanol–water partition coefficient (Wildman–Crippen LogP) is 5.30. The number of hydrogen-bond acceptors (Lipinski definition) is 2. The Morgan fingerprint density at radius 1 is 1.00 bits per heavy atom. The molecule has 0 heterocycles. The Labute approximate surface area is 118 Å². The highest BCUT2D eigenvalue weighted by Gasteiger charge is 2.09. The fourth-order valence-corrected chi connectivity index (χ4v) is 3.24. The highest BCUT2D eigenvalue weighted by molar-refractivity contribution is 8.23. The number of hydrogen-bond donors (Lipinski definition) is 0. The van der Waals surface area contributed by atoms with E-state index in [1.165, 1.54) is 10.5 Å². The van der Waals surface area contributed by atoms with Gasteiger partial charge in [-0.05, 0) is 30.0 Å². The van der Waals surface area contributed by atoms with E-state index < -0.39 is 0 Å². The van der Waals surface area contributed by atoms with E-state index in [2.05, 4.69) is 43.3 Å². The quantitative estimate of drug-likeness (QED) is 0.547. The lowest BCUT2D eigenvalue weighted by atomic mass is 9.99. The molecule has 0 spiro atoms. The van der Waals surface area contributed by atoms with Crippen LogP contribution in [-0.2, 0) is 0 Å². The molecule has 0 N–H and O–H groups in total. The van der Waals surface area contributed by atoms with Crippen LogP contribution in [0.25, 0.3) is 0 Å². The van der Waals surface area contributed by atoms with Crippen LogP contribution in [0.4, 0.5) is 0 Å². The molecule has 0 aromatic heterocycles. The molecule has 0 fully saturated rings. The molecule has 0 amide bonds. The lowest BCUT2D eigenvalue weighted by Gasteiger charge is -2.12. The fourth-order valence-electron chi connectivity index (χ4n) is 1.81. The highest BCUT2D eigenvalue weighted by atomic mass is 32.2. The van der Waals surface area contributed by atoms with Crippen LogP contribution < -0.4 is 0 Å². The average Bonchev–Trinajstić information content (AvgIpc) is 2.40. The molecule has 2 rings (SSSR count). The van der Waals surface area contributed by atoms with Crippen molar-refractivity contribution in [2.45, 2.75) is 24.2 Å². The molecule has 0 aliphatic carbocycles. The Morgan fingerprint density at radius 3 is 2.17 bits per heavy atom. The number of thiocarbonyl (C=S) groups is 1. The zero-order valence-corrected chi connectivity index (χ0v) is 12.0. The average molecular weight is 272 g/mol. The van der Waals surface area contributed by atoms with Crippen LogP contribution >= 0.6 is 24.0 Å². The van der Waals surface area contributed by atoms with Gasteiger partial charge in [0.05, 0.1) is 4.20 Å². The monoisotopic (exact) mass is 272 g/mol. The molecule has 0 aliphatic heterocycles.